The van der Waals surface area contributed by atoms with Gasteiger partial charge in [0.2, 0.25) is 0 Å². The van der Waals surface area contributed by atoms with E-state index in [1.54, 1.807) is 7.11 Å². The monoisotopic (exact) mass is 325 g/mol. The van der Waals surface area contributed by atoms with Gasteiger partial charge in [0.05, 0.1) is 6.10 Å². The summed E-state index contributed by atoms with van der Waals surface area (Å²) in [4.78, 5) is 7.27. The van der Waals surface area contributed by atoms with Crippen LogP contribution in [0.25, 0.3) is 0 Å². The van der Waals surface area contributed by atoms with Gasteiger partial charge in [0.25, 0.3) is 0 Å². The summed E-state index contributed by atoms with van der Waals surface area (Å²) in [5, 5.41) is 18.2. The number of hydrogen-bond acceptors (Lipinski definition) is 7. The number of hydrogen-bond donors (Lipinski definition) is 4. The molecule has 126 valence electrons. The Bertz CT molecular complexity index is 260. The molecule has 0 aliphatic carbocycles. The van der Waals surface area contributed by atoms with E-state index in [-0.39, 0.29) is 5.88 Å². The zero-order valence-corrected chi connectivity index (χ0v) is 13.4. The van der Waals surface area contributed by atoms with Gasteiger partial charge in [-0.25, -0.2) is 5.48 Å². The van der Waals surface area contributed by atoms with Crippen LogP contribution in [0.15, 0.2) is 12.3 Å². The van der Waals surface area contributed by atoms with E-state index >= 15 is 0 Å². The number of nitrogens with zero attached hydrogens (tertiary/aromatic N) is 1. The van der Waals surface area contributed by atoms with E-state index < -0.39 is 6.10 Å². The minimum Gasteiger partial charge on any atom is -0.414 e. The third kappa shape index (κ3) is 13.0. The zero-order chi connectivity index (χ0) is 15.9. The number of methoxy groups -OCH3 is 1. The van der Waals surface area contributed by atoms with Gasteiger partial charge in [-0.2, -0.15) is 5.48 Å². The molecule has 4 N–H and O–H groups in total. The fourth-order valence-corrected chi connectivity index (χ4v) is 1.77. The van der Waals surface area contributed by atoms with Crippen molar-refractivity contribution in [2.75, 3.05) is 52.3 Å². The zero-order valence-electron chi connectivity index (χ0n) is 12.7. The van der Waals surface area contributed by atoms with Crippen molar-refractivity contribution >= 4 is 11.6 Å². The largest absolute Gasteiger partial charge is 0.414 e. The predicted octanol–water partition coefficient (Wildman–Crippen LogP) is 0.328. The highest BCUT2D eigenvalue weighted by atomic mass is 35.5. The van der Waals surface area contributed by atoms with Crippen LogP contribution in [0.5, 0.6) is 0 Å². The number of ether oxygens (including phenoxy) is 1. The van der Waals surface area contributed by atoms with Gasteiger partial charge in [-0.1, -0.05) is 6.58 Å². The number of alkyl halides is 1. The highest BCUT2D eigenvalue weighted by molar-refractivity contribution is 6.18. The molecule has 0 fully saturated rings. The molecule has 7 nitrogen and oxygen atoms in total. The lowest BCUT2D eigenvalue weighted by Gasteiger charge is -2.24. The molecule has 21 heavy (non-hydrogen) atoms. The number of aliphatic hydroxyl groups excluding tert-OH is 1. The average Bonchev–Trinajstić information content (AvgIpc) is 2.48. The van der Waals surface area contributed by atoms with Crippen LogP contribution in [-0.4, -0.2) is 73.6 Å². The molecule has 0 aliphatic heterocycles. The van der Waals surface area contributed by atoms with E-state index in [2.05, 4.69) is 17.5 Å². The molecule has 1 atom stereocenters. The Morgan fingerprint density at radius 2 is 2.10 bits per heavy atom. The van der Waals surface area contributed by atoms with Crippen molar-refractivity contribution in [2.45, 2.75) is 18.9 Å². The molecule has 0 amide bonds. The summed E-state index contributed by atoms with van der Waals surface area (Å²) in [6, 6.07) is 0. The lowest BCUT2D eigenvalue weighted by molar-refractivity contribution is 0.0716. The van der Waals surface area contributed by atoms with E-state index in [9.17, 15) is 5.11 Å². The molecule has 0 aromatic heterocycles. The number of hydroxylamine groups is 2. The lowest BCUT2D eigenvalue weighted by atomic mass is 10.3. The lowest BCUT2D eigenvalue weighted by Crippen LogP contribution is -2.41. The molecule has 0 aromatic carbocycles. The van der Waals surface area contributed by atoms with Crippen LogP contribution in [0, 0.1) is 0 Å². The first-order valence-electron chi connectivity index (χ1n) is 7.03. The molecule has 0 aliphatic rings. The van der Waals surface area contributed by atoms with Gasteiger partial charge in [-0.05, 0) is 6.42 Å². The van der Waals surface area contributed by atoms with E-state index in [1.165, 1.54) is 0 Å². The number of rotatable bonds is 15. The van der Waals surface area contributed by atoms with Crippen LogP contribution >= 0.6 is 11.6 Å². The third-order valence-electron chi connectivity index (χ3n) is 2.74. The standard InChI is InChI=1S/C13H28ClN3O4/c1-12(4-3-9-20-2)21-16-6-8-17(7-5-15-19)11-13(18)10-14/h13,15-16,18-19H,1,3-11H2,2H3. The summed E-state index contributed by atoms with van der Waals surface area (Å²) in [5.41, 5.74) is 4.92. The Morgan fingerprint density at radius 3 is 2.71 bits per heavy atom. The fraction of sp³-hybridized carbons (Fsp3) is 0.846. The van der Waals surface area contributed by atoms with E-state index in [4.69, 9.17) is 26.4 Å². The third-order valence-corrected chi connectivity index (χ3v) is 3.09. The summed E-state index contributed by atoms with van der Waals surface area (Å²) < 4.78 is 4.95. The van der Waals surface area contributed by atoms with Crippen LogP contribution in [0.4, 0.5) is 0 Å². The van der Waals surface area contributed by atoms with Crippen LogP contribution in [-0.2, 0) is 9.57 Å². The van der Waals surface area contributed by atoms with Crippen LogP contribution < -0.4 is 11.0 Å². The molecule has 0 radical (unpaired) electrons. The summed E-state index contributed by atoms with van der Waals surface area (Å²) >= 11 is 5.59. The summed E-state index contributed by atoms with van der Waals surface area (Å²) in [6.07, 6.45) is 1.02. The van der Waals surface area contributed by atoms with Crippen LogP contribution in [0.2, 0.25) is 0 Å². The predicted molar refractivity (Wildman–Crippen MR) is 82.3 cm³/mol. The van der Waals surface area contributed by atoms with Gasteiger partial charge in [0.1, 0.15) is 5.76 Å². The van der Waals surface area contributed by atoms with Gasteiger partial charge < -0.3 is 19.9 Å². The molecular formula is C13H28ClN3O4. The summed E-state index contributed by atoms with van der Waals surface area (Å²) in [5.74, 6) is 0.847. The Hall–Kier alpha value is -0.410. The molecule has 0 rings (SSSR count). The van der Waals surface area contributed by atoms with E-state index in [0.717, 1.165) is 12.8 Å². The summed E-state index contributed by atoms with van der Waals surface area (Å²) in [7, 11) is 1.66. The Labute approximate surface area is 131 Å². The van der Waals surface area contributed by atoms with Crippen molar-refractivity contribution in [1.82, 2.24) is 15.9 Å². The molecule has 0 heterocycles. The Kier molecular flexibility index (Phi) is 14.2. The minimum absolute atomic E-state index is 0.184. The molecular weight excluding hydrogens is 298 g/mol. The molecule has 0 aromatic rings. The smallest absolute Gasteiger partial charge is 0.117 e. The highest BCUT2D eigenvalue weighted by Gasteiger charge is 2.10. The van der Waals surface area contributed by atoms with Gasteiger partial charge in [-0.15, -0.1) is 11.6 Å². The Balaban J connectivity index is 3.77. The second-order valence-corrected chi connectivity index (χ2v) is 4.96. The molecule has 0 saturated carbocycles. The van der Waals surface area contributed by atoms with Crippen LogP contribution in [0.1, 0.15) is 12.8 Å². The number of allylic oxidation sites excluding steroid dienone is 1. The van der Waals surface area contributed by atoms with Gasteiger partial charge in [-0.3, -0.25) is 4.90 Å². The second-order valence-electron chi connectivity index (χ2n) is 4.65. The first-order valence-corrected chi connectivity index (χ1v) is 7.57. The number of halogens is 1. The van der Waals surface area contributed by atoms with Crippen molar-refractivity contribution in [3.63, 3.8) is 0 Å². The van der Waals surface area contributed by atoms with Crippen molar-refractivity contribution in [3.8, 4) is 0 Å². The normalized spacial score (nSPS) is 12.6. The topological polar surface area (TPSA) is 86.2 Å². The maximum atomic E-state index is 9.56. The van der Waals surface area contributed by atoms with Crippen molar-refractivity contribution in [2.24, 2.45) is 0 Å². The van der Waals surface area contributed by atoms with Gasteiger partial charge >= 0.3 is 0 Å². The SMILES string of the molecule is C=C(CCCOC)ONCCN(CCNO)CC(O)CCl. The van der Waals surface area contributed by atoms with Gasteiger partial charge in [0.15, 0.2) is 0 Å². The fourth-order valence-electron chi connectivity index (χ4n) is 1.67. The van der Waals surface area contributed by atoms with E-state index in [0.29, 0.717) is 45.1 Å². The van der Waals surface area contributed by atoms with Crippen molar-refractivity contribution in [3.05, 3.63) is 12.3 Å². The maximum Gasteiger partial charge on any atom is 0.117 e. The molecule has 8 heteroatoms. The van der Waals surface area contributed by atoms with Crippen molar-refractivity contribution in [1.29, 1.82) is 0 Å². The maximum absolute atomic E-state index is 9.56. The first-order chi connectivity index (χ1) is 10.1. The van der Waals surface area contributed by atoms with Crippen LogP contribution in [0.3, 0.4) is 0 Å². The van der Waals surface area contributed by atoms with Gasteiger partial charge in [0, 0.05) is 58.7 Å². The number of aliphatic hydroxyl groups is 1. The van der Waals surface area contributed by atoms with Crippen molar-refractivity contribution < 1.29 is 19.9 Å². The second kappa shape index (κ2) is 14.5. The highest BCUT2D eigenvalue weighted by Crippen LogP contribution is 2.02. The molecule has 0 saturated heterocycles. The minimum atomic E-state index is -0.588. The van der Waals surface area contributed by atoms with E-state index in [1.807, 2.05) is 4.90 Å². The quantitative estimate of drug-likeness (QED) is 0.149. The first kappa shape index (κ1) is 20.6. The molecule has 1 unspecified atom stereocenters. The molecule has 0 spiro atoms. The summed E-state index contributed by atoms with van der Waals surface area (Å²) in [6.45, 7) is 7.17. The number of nitrogens with one attached hydrogen (secondary N) is 2. The Morgan fingerprint density at radius 1 is 1.38 bits per heavy atom. The molecule has 0 bridgehead atoms. The average molecular weight is 326 g/mol.